The second-order valence-corrected chi connectivity index (χ2v) is 11.4. The lowest BCUT2D eigenvalue weighted by Gasteiger charge is -2.42. The summed E-state index contributed by atoms with van der Waals surface area (Å²) in [5.41, 5.74) is -1.61. The Morgan fingerprint density at radius 3 is 2.46 bits per heavy atom. The minimum absolute atomic E-state index is 0.274. The van der Waals surface area contributed by atoms with Crippen molar-refractivity contribution in [1.29, 1.82) is 0 Å². The number of halogens is 2. The number of hydrogen-bond acceptors (Lipinski definition) is 6. The first-order valence-electron chi connectivity index (χ1n) is 13.6. The Balaban J connectivity index is 1.56. The van der Waals surface area contributed by atoms with Crippen LogP contribution in [0.15, 0.2) is 60.7 Å². The number of aliphatic hydroxyl groups is 1. The van der Waals surface area contributed by atoms with E-state index >= 15 is 0 Å². The van der Waals surface area contributed by atoms with Crippen LogP contribution < -0.4 is 19.5 Å². The highest BCUT2D eigenvalue weighted by Crippen LogP contribution is 2.68. The van der Waals surface area contributed by atoms with Crippen LogP contribution in [0.25, 0.3) is 0 Å². The molecule has 3 aromatic rings. The van der Waals surface area contributed by atoms with E-state index in [9.17, 15) is 14.3 Å². The minimum Gasteiger partial charge on any atom is -0.496 e. The molecule has 0 aromatic heterocycles. The summed E-state index contributed by atoms with van der Waals surface area (Å²) in [7, 11) is 5.07. The Labute approximate surface area is 243 Å². The predicted molar refractivity (Wildman–Crippen MR) is 152 cm³/mol. The van der Waals surface area contributed by atoms with Crippen molar-refractivity contribution in [1.82, 2.24) is 15.1 Å². The van der Waals surface area contributed by atoms with Crippen molar-refractivity contribution in [3.63, 3.8) is 0 Å². The molecule has 0 spiro atoms. The monoisotopic (exact) mass is 581 g/mol. The fourth-order valence-corrected chi connectivity index (χ4v) is 6.89. The van der Waals surface area contributed by atoms with Crippen LogP contribution in [0.2, 0.25) is 5.02 Å². The van der Waals surface area contributed by atoms with Gasteiger partial charge in [-0.25, -0.2) is 9.18 Å². The molecule has 8 nitrogen and oxygen atoms in total. The van der Waals surface area contributed by atoms with Crippen molar-refractivity contribution < 1.29 is 28.5 Å². The van der Waals surface area contributed by atoms with Gasteiger partial charge in [0.25, 0.3) is 0 Å². The van der Waals surface area contributed by atoms with E-state index in [0.717, 1.165) is 13.1 Å². The summed E-state index contributed by atoms with van der Waals surface area (Å²) in [6.45, 7) is 2.64. The highest BCUT2D eigenvalue weighted by Gasteiger charge is 2.74. The smallest absolute Gasteiger partial charge is 0.317 e. The van der Waals surface area contributed by atoms with Crippen molar-refractivity contribution in [3.8, 4) is 17.2 Å². The Bertz CT molecular complexity index is 1460. The Morgan fingerprint density at radius 1 is 1.07 bits per heavy atom. The van der Waals surface area contributed by atoms with Crippen molar-refractivity contribution >= 4 is 17.6 Å². The van der Waals surface area contributed by atoms with E-state index in [1.165, 1.54) is 26.4 Å². The van der Waals surface area contributed by atoms with Gasteiger partial charge in [0.15, 0.2) is 11.2 Å². The average Bonchev–Trinajstić information content (AvgIpc) is 3.38. The standard InChI is InChI=1S/C31H33ClFN3O5/c1-35-11-13-36(14-12-35)29(37)34-27-18-24(19-5-4-6-22(33)15-19)31(20-7-9-21(32)10-8-20)30(27,38)28-25(40-3)16-23(39-2)17-26(28)41-31/h4-10,15-17,24,27,38H,11-14,18H2,1-3H3,(H,34,37). The van der Waals surface area contributed by atoms with E-state index in [-0.39, 0.29) is 12.5 Å². The van der Waals surface area contributed by atoms with Crippen molar-refractivity contribution in [2.45, 2.75) is 29.6 Å². The summed E-state index contributed by atoms with van der Waals surface area (Å²) >= 11 is 6.28. The predicted octanol–water partition coefficient (Wildman–Crippen LogP) is 4.48. The third-order valence-corrected chi connectivity index (χ3v) is 9.04. The summed E-state index contributed by atoms with van der Waals surface area (Å²) in [6, 6.07) is 15.7. The van der Waals surface area contributed by atoms with Gasteiger partial charge in [0.2, 0.25) is 0 Å². The molecule has 0 bridgehead atoms. The molecule has 10 heteroatoms. The van der Waals surface area contributed by atoms with Gasteiger partial charge in [0, 0.05) is 49.3 Å². The lowest BCUT2D eigenvalue weighted by Crippen LogP contribution is -2.59. The van der Waals surface area contributed by atoms with Gasteiger partial charge < -0.3 is 34.4 Å². The second kappa shape index (κ2) is 10.4. The first kappa shape index (κ1) is 27.6. The van der Waals surface area contributed by atoms with E-state index in [1.807, 2.05) is 13.1 Å². The third-order valence-electron chi connectivity index (χ3n) is 8.79. The van der Waals surface area contributed by atoms with Crippen LogP contribution in [0.5, 0.6) is 17.2 Å². The molecule has 1 saturated carbocycles. The van der Waals surface area contributed by atoms with Crippen molar-refractivity contribution in [3.05, 3.63) is 88.2 Å². The number of methoxy groups -OCH3 is 2. The third kappa shape index (κ3) is 4.29. The maximum Gasteiger partial charge on any atom is 0.317 e. The number of fused-ring (bicyclic) bond motifs is 3. The van der Waals surface area contributed by atoms with Crippen LogP contribution in [-0.2, 0) is 11.2 Å². The lowest BCUT2D eigenvalue weighted by atomic mass is 9.71. The number of piperazine rings is 1. The van der Waals surface area contributed by atoms with Gasteiger partial charge in [0.1, 0.15) is 23.1 Å². The zero-order chi connectivity index (χ0) is 28.9. The van der Waals surface area contributed by atoms with E-state index in [4.69, 9.17) is 25.8 Å². The maximum absolute atomic E-state index is 14.7. The summed E-state index contributed by atoms with van der Waals surface area (Å²) in [5.74, 6) is 0.230. The van der Waals surface area contributed by atoms with Gasteiger partial charge in [-0.2, -0.15) is 0 Å². The van der Waals surface area contributed by atoms with E-state index in [2.05, 4.69) is 10.2 Å². The van der Waals surface area contributed by atoms with E-state index in [1.54, 1.807) is 47.4 Å². The van der Waals surface area contributed by atoms with Crippen molar-refractivity contribution in [2.75, 3.05) is 47.4 Å². The number of carbonyl (C=O) groups excluding carboxylic acids is 1. The van der Waals surface area contributed by atoms with Gasteiger partial charge in [-0.1, -0.05) is 35.9 Å². The molecule has 2 fully saturated rings. The Hall–Kier alpha value is -3.53. The number of rotatable bonds is 5. The molecular formula is C31H33ClFN3O5. The molecule has 1 aliphatic carbocycles. The minimum atomic E-state index is -1.81. The quantitative estimate of drug-likeness (QED) is 0.462. The summed E-state index contributed by atoms with van der Waals surface area (Å²) in [4.78, 5) is 17.6. The largest absolute Gasteiger partial charge is 0.496 e. The van der Waals surface area contributed by atoms with Crippen LogP contribution in [0, 0.1) is 5.82 Å². The summed E-state index contributed by atoms with van der Waals surface area (Å²) in [5, 5.41) is 16.8. The van der Waals surface area contributed by atoms with Crippen molar-refractivity contribution in [2.24, 2.45) is 0 Å². The molecule has 41 heavy (non-hydrogen) atoms. The molecule has 2 heterocycles. The highest BCUT2D eigenvalue weighted by atomic mass is 35.5. The van der Waals surface area contributed by atoms with Gasteiger partial charge >= 0.3 is 6.03 Å². The number of nitrogens with one attached hydrogen (secondary N) is 1. The zero-order valence-electron chi connectivity index (χ0n) is 23.2. The number of urea groups is 1. The molecule has 4 atom stereocenters. The molecule has 6 rings (SSSR count). The van der Waals surface area contributed by atoms with Gasteiger partial charge in [-0.05, 0) is 48.9 Å². The first-order valence-corrected chi connectivity index (χ1v) is 14.0. The fourth-order valence-electron chi connectivity index (χ4n) is 6.76. The summed E-state index contributed by atoms with van der Waals surface area (Å²) in [6.07, 6.45) is 0.274. The summed E-state index contributed by atoms with van der Waals surface area (Å²) < 4.78 is 32.8. The van der Waals surface area contributed by atoms with Crippen LogP contribution in [0.1, 0.15) is 29.0 Å². The van der Waals surface area contributed by atoms with E-state index in [0.29, 0.717) is 52.1 Å². The molecule has 216 valence electrons. The molecule has 1 saturated heterocycles. The van der Waals surface area contributed by atoms with Crippen LogP contribution in [-0.4, -0.2) is 74.4 Å². The number of benzene rings is 3. The Morgan fingerprint density at radius 2 is 1.80 bits per heavy atom. The Kier molecular flexibility index (Phi) is 7.00. The molecule has 2 N–H and O–H groups in total. The van der Waals surface area contributed by atoms with Crippen LogP contribution >= 0.6 is 11.6 Å². The SMILES string of the molecule is COc1cc(OC)c2c(c1)OC1(c3ccc(Cl)cc3)C(c3cccc(F)c3)CC(NC(=O)N3CCN(C)CC3)C21O. The van der Waals surface area contributed by atoms with Crippen LogP contribution in [0.4, 0.5) is 9.18 Å². The molecule has 3 aliphatic rings. The number of carbonyl (C=O) groups is 1. The highest BCUT2D eigenvalue weighted by molar-refractivity contribution is 6.30. The number of ether oxygens (including phenoxy) is 3. The number of amides is 2. The normalized spacial score (nSPS) is 27.1. The van der Waals surface area contributed by atoms with Crippen LogP contribution in [0.3, 0.4) is 0 Å². The molecule has 2 amide bonds. The lowest BCUT2D eigenvalue weighted by molar-refractivity contribution is -0.116. The molecule has 0 radical (unpaired) electrons. The number of hydrogen-bond donors (Lipinski definition) is 2. The number of likely N-dealkylation sites (N-methyl/N-ethyl adjacent to an activating group) is 1. The maximum atomic E-state index is 14.7. The molecule has 4 unspecified atom stereocenters. The van der Waals surface area contributed by atoms with Gasteiger partial charge in [0.05, 0.1) is 25.8 Å². The molecule has 3 aromatic carbocycles. The fraction of sp³-hybridized carbons (Fsp3) is 0.387. The van der Waals surface area contributed by atoms with E-state index < -0.39 is 29.0 Å². The number of nitrogens with zero attached hydrogens (tertiary/aromatic N) is 2. The van der Waals surface area contributed by atoms with Gasteiger partial charge in [-0.3, -0.25) is 0 Å². The topological polar surface area (TPSA) is 83.5 Å². The average molecular weight is 582 g/mol. The second-order valence-electron chi connectivity index (χ2n) is 10.9. The van der Waals surface area contributed by atoms with Gasteiger partial charge in [-0.15, -0.1) is 0 Å². The zero-order valence-corrected chi connectivity index (χ0v) is 24.0. The molecule has 2 aliphatic heterocycles. The first-order chi connectivity index (χ1) is 19.7. The molecular weight excluding hydrogens is 549 g/mol.